The molecule has 0 spiro atoms. The molecule has 0 radical (unpaired) electrons. The van der Waals surface area contributed by atoms with Crippen LogP contribution < -0.4 is 19.3 Å². The lowest BCUT2D eigenvalue weighted by Gasteiger charge is -2.31. The van der Waals surface area contributed by atoms with Crippen LogP contribution in [0.3, 0.4) is 0 Å². The molecule has 0 saturated heterocycles. The van der Waals surface area contributed by atoms with Crippen LogP contribution in [0.4, 0.5) is 34.1 Å². The summed E-state index contributed by atoms with van der Waals surface area (Å²) in [4.78, 5) is 32.8. The Morgan fingerprint density at radius 3 is 0.840 bits per heavy atom. The predicted octanol–water partition coefficient (Wildman–Crippen LogP) is 11.1. The molecule has 0 N–H and O–H groups in total. The van der Waals surface area contributed by atoms with Crippen LogP contribution in [0.15, 0.2) is 194 Å². The Bertz CT molecular complexity index is 1940. The van der Waals surface area contributed by atoms with E-state index in [1.54, 1.807) is 36.4 Å². The van der Waals surface area contributed by atoms with Crippen LogP contribution in [-0.2, 0) is 0 Å². The second kappa shape index (κ2) is 14.9. The predicted molar refractivity (Wildman–Crippen MR) is 199 cm³/mol. The number of nitrogens with zero attached hydrogens (tertiary/aromatic N) is 2. The van der Waals surface area contributed by atoms with Crippen molar-refractivity contribution in [2.75, 3.05) is 9.80 Å². The van der Waals surface area contributed by atoms with Crippen molar-refractivity contribution in [1.29, 1.82) is 0 Å². The lowest BCUT2D eigenvalue weighted by molar-refractivity contribution is 0.0721. The van der Waals surface area contributed by atoms with E-state index in [9.17, 15) is 9.59 Å². The molecule has 0 saturated carbocycles. The monoisotopic (exact) mass is 652 g/mol. The number of rotatable bonds is 10. The van der Waals surface area contributed by atoms with Gasteiger partial charge in [0.25, 0.3) is 0 Å². The number of hydrogen-bond donors (Lipinski definition) is 0. The van der Waals surface area contributed by atoms with Gasteiger partial charge in [0.05, 0.1) is 22.5 Å². The average molecular weight is 653 g/mol. The van der Waals surface area contributed by atoms with Crippen LogP contribution in [0.25, 0.3) is 0 Å². The van der Waals surface area contributed by atoms with Gasteiger partial charge in [-0.3, -0.25) is 0 Å². The molecule has 0 atom stereocenters. The Hall–Kier alpha value is -6.92. The van der Waals surface area contributed by atoms with Gasteiger partial charge in [-0.2, -0.15) is 0 Å². The molecule has 0 fully saturated rings. The van der Waals surface area contributed by atoms with E-state index in [4.69, 9.17) is 9.47 Å². The van der Waals surface area contributed by atoms with Gasteiger partial charge >= 0.3 is 11.9 Å². The zero-order chi connectivity index (χ0) is 34.1. The second-order valence-electron chi connectivity index (χ2n) is 11.3. The summed E-state index contributed by atoms with van der Waals surface area (Å²) in [5.41, 5.74) is 4.49. The molecule has 0 aliphatic heterocycles. The molecule has 0 amide bonds. The van der Waals surface area contributed by atoms with Gasteiger partial charge in [-0.15, -0.1) is 0 Å². The summed E-state index contributed by atoms with van der Waals surface area (Å²) < 4.78 is 12.0. The highest BCUT2D eigenvalue weighted by atomic mass is 16.5. The van der Waals surface area contributed by atoms with Crippen molar-refractivity contribution in [3.05, 3.63) is 205 Å². The van der Waals surface area contributed by atoms with Crippen LogP contribution in [0, 0.1) is 0 Å². The molecular weight excluding hydrogens is 620 g/mol. The van der Waals surface area contributed by atoms with Crippen molar-refractivity contribution in [3.8, 4) is 11.5 Å². The quantitative estimate of drug-likeness (QED) is 0.108. The number of hydrogen-bond acceptors (Lipinski definition) is 6. The molecule has 0 aliphatic rings. The third-order valence-corrected chi connectivity index (χ3v) is 8.00. The molecular formula is C44H32N2O4. The molecule has 242 valence electrons. The Balaban J connectivity index is 1.52. The maximum Gasteiger partial charge on any atom is 0.345 e. The highest BCUT2D eigenvalue weighted by molar-refractivity contribution is 6.07. The lowest BCUT2D eigenvalue weighted by atomic mass is 10.0. The standard InChI is InChI=1S/C44H32N2O4/c47-43(49-37-27-15-5-16-28-37)39-32-42(46(35-23-11-3-12-24-35)36-25-13-4-14-26-36)40(44(48)50-38-29-17-6-18-30-38)31-41(39)45(33-19-7-1-8-20-33)34-21-9-2-10-22-34/h1-32H. The van der Waals surface area contributed by atoms with Crippen LogP contribution in [0.2, 0.25) is 0 Å². The van der Waals surface area contributed by atoms with Crippen molar-refractivity contribution in [2.45, 2.75) is 0 Å². The topological polar surface area (TPSA) is 59.1 Å². The molecule has 0 aromatic heterocycles. The van der Waals surface area contributed by atoms with Gasteiger partial charge in [0.1, 0.15) is 11.5 Å². The summed E-state index contributed by atoms with van der Waals surface area (Å²) in [6.45, 7) is 0. The van der Waals surface area contributed by atoms with Crippen molar-refractivity contribution in [3.63, 3.8) is 0 Å². The highest BCUT2D eigenvalue weighted by Crippen LogP contribution is 2.44. The fourth-order valence-electron chi connectivity index (χ4n) is 5.74. The van der Waals surface area contributed by atoms with Crippen LogP contribution in [0.1, 0.15) is 20.7 Å². The number of ether oxygens (including phenoxy) is 2. The van der Waals surface area contributed by atoms with E-state index in [0.717, 1.165) is 22.7 Å². The molecule has 50 heavy (non-hydrogen) atoms. The van der Waals surface area contributed by atoms with Crippen molar-refractivity contribution >= 4 is 46.1 Å². The van der Waals surface area contributed by atoms with Crippen LogP contribution in [-0.4, -0.2) is 11.9 Å². The van der Waals surface area contributed by atoms with Crippen molar-refractivity contribution in [2.24, 2.45) is 0 Å². The first-order valence-electron chi connectivity index (χ1n) is 16.2. The van der Waals surface area contributed by atoms with Crippen molar-refractivity contribution in [1.82, 2.24) is 0 Å². The second-order valence-corrected chi connectivity index (χ2v) is 11.3. The molecule has 0 heterocycles. The highest BCUT2D eigenvalue weighted by Gasteiger charge is 2.30. The van der Waals surface area contributed by atoms with Crippen LogP contribution >= 0.6 is 0 Å². The molecule has 6 nitrogen and oxygen atoms in total. The minimum Gasteiger partial charge on any atom is -0.423 e. The summed E-state index contributed by atoms with van der Waals surface area (Å²) in [6, 6.07) is 60.1. The van der Waals surface area contributed by atoms with Gasteiger partial charge in [0, 0.05) is 22.7 Å². The SMILES string of the molecule is O=C(Oc1ccccc1)c1cc(N(c2ccccc2)c2ccccc2)c(C(=O)Oc2ccccc2)cc1N(c1ccccc1)c1ccccc1. The molecule has 7 aromatic rings. The molecule has 0 bridgehead atoms. The number of para-hydroxylation sites is 6. The van der Waals surface area contributed by atoms with E-state index in [1.807, 2.05) is 168 Å². The first-order chi connectivity index (χ1) is 24.7. The van der Waals surface area contributed by atoms with E-state index in [0.29, 0.717) is 22.9 Å². The Morgan fingerprint density at radius 2 is 0.580 bits per heavy atom. The maximum absolute atomic E-state index is 14.4. The first-order valence-corrected chi connectivity index (χ1v) is 16.2. The summed E-state index contributed by atoms with van der Waals surface area (Å²) in [7, 11) is 0. The van der Waals surface area contributed by atoms with Gasteiger partial charge in [0.15, 0.2) is 0 Å². The summed E-state index contributed by atoms with van der Waals surface area (Å²) >= 11 is 0. The third-order valence-electron chi connectivity index (χ3n) is 8.00. The Kier molecular flexibility index (Phi) is 9.42. The van der Waals surface area contributed by atoms with Crippen molar-refractivity contribution < 1.29 is 19.1 Å². The molecule has 0 unspecified atom stereocenters. The summed E-state index contributed by atoms with van der Waals surface area (Å²) in [5.74, 6) is -0.389. The number of benzene rings is 7. The normalized spacial score (nSPS) is 10.6. The molecule has 7 aromatic carbocycles. The smallest absolute Gasteiger partial charge is 0.345 e. The average Bonchev–Trinajstić information content (AvgIpc) is 3.18. The Morgan fingerprint density at radius 1 is 0.340 bits per heavy atom. The largest absolute Gasteiger partial charge is 0.423 e. The van der Waals surface area contributed by atoms with Gasteiger partial charge in [-0.25, -0.2) is 9.59 Å². The zero-order valence-electron chi connectivity index (χ0n) is 27.0. The van der Waals surface area contributed by atoms with Gasteiger partial charge in [-0.1, -0.05) is 109 Å². The molecule has 0 aliphatic carbocycles. The van der Waals surface area contributed by atoms with E-state index >= 15 is 0 Å². The summed E-state index contributed by atoms with van der Waals surface area (Å²) in [5, 5.41) is 0. The van der Waals surface area contributed by atoms with E-state index in [2.05, 4.69) is 0 Å². The van der Waals surface area contributed by atoms with Crippen LogP contribution in [0.5, 0.6) is 11.5 Å². The first kappa shape index (κ1) is 31.7. The number of anilines is 6. The zero-order valence-corrected chi connectivity index (χ0v) is 27.0. The number of carbonyl (C=O) groups excluding carboxylic acids is 2. The number of esters is 2. The fraction of sp³-hybridized carbons (Fsp3) is 0. The van der Waals surface area contributed by atoms with E-state index in [-0.39, 0.29) is 11.1 Å². The van der Waals surface area contributed by atoms with Gasteiger partial charge in [0.2, 0.25) is 0 Å². The van der Waals surface area contributed by atoms with E-state index < -0.39 is 11.9 Å². The van der Waals surface area contributed by atoms with E-state index in [1.165, 1.54) is 0 Å². The van der Waals surface area contributed by atoms with Gasteiger partial charge in [-0.05, 0) is 84.9 Å². The Labute approximate surface area is 291 Å². The fourth-order valence-corrected chi connectivity index (χ4v) is 5.74. The maximum atomic E-state index is 14.4. The molecule has 7 rings (SSSR count). The molecule has 6 heteroatoms. The van der Waals surface area contributed by atoms with Gasteiger partial charge < -0.3 is 19.3 Å². The third kappa shape index (κ3) is 7.00. The lowest BCUT2D eigenvalue weighted by Crippen LogP contribution is -2.22. The number of carbonyl (C=O) groups is 2. The minimum atomic E-state index is -0.589. The summed E-state index contributed by atoms with van der Waals surface area (Å²) in [6.07, 6.45) is 0. The minimum absolute atomic E-state index is 0.240.